The van der Waals surface area contributed by atoms with Crippen molar-refractivity contribution in [3.63, 3.8) is 0 Å². The van der Waals surface area contributed by atoms with Gasteiger partial charge in [0.05, 0.1) is 49.8 Å². The summed E-state index contributed by atoms with van der Waals surface area (Å²) in [6.45, 7) is 12.6. The number of carbonyl (C=O) groups excluding carboxylic acids is 1. The molecule has 23 heteroatoms. The van der Waals surface area contributed by atoms with E-state index >= 15 is 0 Å². The van der Waals surface area contributed by atoms with Crippen molar-refractivity contribution in [3.8, 4) is 35.3 Å². The molecule has 1 aromatic carbocycles. The number of allylic oxidation sites excluding steroid dienone is 1. The molecule has 0 aliphatic heterocycles. The van der Waals surface area contributed by atoms with Crippen molar-refractivity contribution in [2.24, 2.45) is 11.5 Å². The van der Waals surface area contributed by atoms with Gasteiger partial charge in [-0.05, 0) is 53.7 Å². The molecule has 0 amide bonds. The molecule has 0 spiro atoms. The number of nitriles is 1. The largest absolute Gasteiger partial charge is 1.00 e. The summed E-state index contributed by atoms with van der Waals surface area (Å²) in [5, 5.41) is 35.4. The predicted molar refractivity (Wildman–Crippen MR) is 194 cm³/mol. The Morgan fingerprint density at radius 3 is 1.91 bits per heavy atom. The first-order valence-corrected chi connectivity index (χ1v) is 15.2. The minimum absolute atomic E-state index is 0. The zero-order valence-electron chi connectivity index (χ0n) is 32.5. The standard InChI is InChI=1S/C17H20N4O2.C12H18N6O2.CH5N3.CH2O3.ClH.2K.H/c1-4-22-16-10-17(21(20-16)13(2)3)23-15(11-18)12-19-14-8-6-5-7-9-14;1-4-19-9-5-10(18(17-9)7(2)3)20-8-6-15-12(14)16-11(8)13;2-1(3)4;2-1-4-3;;;;/h5-10,12-13,19H,4H2,1-3H3;5-7H,4H2,1-3H3,(H4,13,14,15,16);(H5,2,3,4);1,3H;1H;;;/q;;;;;2*+1;-1/p-1/b15-12+;;;;;;;. The van der Waals surface area contributed by atoms with Crippen LogP contribution in [0.1, 0.15) is 55.1 Å². The smallest absolute Gasteiger partial charge is 1.00 e. The van der Waals surface area contributed by atoms with Gasteiger partial charge in [-0.2, -0.15) is 10.2 Å². The second kappa shape index (κ2) is 31.1. The molecule has 4 rings (SSSR count). The van der Waals surface area contributed by atoms with E-state index < -0.39 is 0 Å². The number of para-hydroxylation sites is 1. The van der Waals surface area contributed by atoms with E-state index in [1.54, 1.807) is 21.5 Å². The molecule has 4 aromatic rings. The van der Waals surface area contributed by atoms with Crippen LogP contribution in [0.5, 0.6) is 29.3 Å². The van der Waals surface area contributed by atoms with Gasteiger partial charge in [0, 0.05) is 5.69 Å². The first-order chi connectivity index (χ1) is 24.3. The molecule has 286 valence electrons. The molecule has 0 unspecified atom stereocenters. The molecular weight excluding hydrogens is 780 g/mol. The Kier molecular flexibility index (Phi) is 31.7. The molecule has 3 heterocycles. The van der Waals surface area contributed by atoms with E-state index in [0.29, 0.717) is 42.5 Å². The van der Waals surface area contributed by atoms with Gasteiger partial charge >= 0.3 is 103 Å². The number of rotatable bonds is 13. The van der Waals surface area contributed by atoms with Crippen molar-refractivity contribution < 1.29 is 138 Å². The molecule has 3 aromatic heterocycles. The number of carbonyl (C=O) groups is 1. The number of nitrogen functional groups attached to an aromatic ring is 2. The first-order valence-electron chi connectivity index (χ1n) is 15.2. The number of hydrogen-bond donors (Lipinski definition) is 6. The summed E-state index contributed by atoms with van der Waals surface area (Å²) in [5.74, 6) is 2.34. The molecule has 0 atom stereocenters. The normalized spacial score (nSPS) is 9.59. The number of benzene rings is 1. The fourth-order valence-electron chi connectivity index (χ4n) is 3.51. The third-order valence-electron chi connectivity index (χ3n) is 5.44. The minimum atomic E-state index is -0.333. The van der Waals surface area contributed by atoms with Crippen LogP contribution in [0, 0.1) is 16.7 Å². The van der Waals surface area contributed by atoms with Crippen LogP contribution in [0.25, 0.3) is 0 Å². The van der Waals surface area contributed by atoms with E-state index in [1.807, 2.05) is 77.9 Å². The Morgan fingerprint density at radius 2 is 1.48 bits per heavy atom. The van der Waals surface area contributed by atoms with Gasteiger partial charge in [0.1, 0.15) is 6.07 Å². The average molecular weight is 826 g/mol. The average Bonchev–Trinajstić information content (AvgIpc) is 3.69. The predicted octanol–water partition coefficient (Wildman–Crippen LogP) is -2.86. The summed E-state index contributed by atoms with van der Waals surface area (Å²) in [7, 11) is 0. The second-order valence-electron chi connectivity index (χ2n) is 10.0. The van der Waals surface area contributed by atoms with Crippen LogP contribution in [-0.4, -0.2) is 55.2 Å². The van der Waals surface area contributed by atoms with E-state index in [1.165, 1.54) is 12.4 Å². The van der Waals surface area contributed by atoms with E-state index in [4.69, 9.17) is 45.9 Å². The van der Waals surface area contributed by atoms with E-state index in [-0.39, 0.29) is 159 Å². The Labute approximate surface area is 406 Å². The molecule has 0 aliphatic rings. The van der Waals surface area contributed by atoms with Crippen LogP contribution in [0.3, 0.4) is 0 Å². The Hall–Kier alpha value is -3.19. The number of hydrogen-bond acceptors (Lipinski definition) is 16. The fraction of sp³-hybridized carbons (Fsp3) is 0.323. The Balaban J connectivity index is -0.000000374. The molecule has 0 saturated heterocycles. The number of halogens is 1. The summed E-state index contributed by atoms with van der Waals surface area (Å²) >= 11 is 0. The molecule has 54 heavy (non-hydrogen) atoms. The zero-order chi connectivity index (χ0) is 38.3. The van der Waals surface area contributed by atoms with Crippen LogP contribution in [0.4, 0.5) is 17.5 Å². The van der Waals surface area contributed by atoms with E-state index in [0.717, 1.165) is 5.69 Å². The van der Waals surface area contributed by atoms with Crippen molar-refractivity contribution in [1.82, 2.24) is 29.5 Å². The van der Waals surface area contributed by atoms with Crippen molar-refractivity contribution in [1.29, 1.82) is 10.7 Å². The minimum Gasteiger partial charge on any atom is -1.00 e. The summed E-state index contributed by atoms with van der Waals surface area (Å²) in [4.78, 5) is 19.0. The van der Waals surface area contributed by atoms with Gasteiger partial charge in [0.15, 0.2) is 17.5 Å². The Morgan fingerprint density at radius 1 is 1.00 bits per heavy atom. The quantitative estimate of drug-likeness (QED) is 0.0115. The number of ether oxygens (including phenoxy) is 4. The van der Waals surface area contributed by atoms with Gasteiger partial charge in [0.25, 0.3) is 6.47 Å². The summed E-state index contributed by atoms with van der Waals surface area (Å²) in [6, 6.07) is 15.1. The maximum Gasteiger partial charge on any atom is 1.00 e. The van der Waals surface area contributed by atoms with Crippen molar-refractivity contribution in [2.75, 3.05) is 30.0 Å². The second-order valence-corrected chi connectivity index (χ2v) is 10.0. The molecular formula is C31H46ClK2N13O7. The zero-order valence-corrected chi connectivity index (χ0v) is 38.6. The molecule has 0 aliphatic carbocycles. The maximum atomic E-state index is 9.26. The van der Waals surface area contributed by atoms with E-state index in [2.05, 4.69) is 41.8 Å². The van der Waals surface area contributed by atoms with Crippen LogP contribution in [-0.2, 0) is 9.68 Å². The number of nitrogens with zero attached hydrogens (tertiary/aromatic N) is 7. The van der Waals surface area contributed by atoms with Crippen LogP contribution >= 0.6 is 12.4 Å². The fourth-order valence-corrected chi connectivity index (χ4v) is 3.51. The summed E-state index contributed by atoms with van der Waals surface area (Å²) < 4.78 is 25.5. The van der Waals surface area contributed by atoms with Crippen molar-refractivity contribution in [3.05, 3.63) is 60.6 Å². The number of aromatic nitrogens is 6. The molecule has 10 N–H and O–H groups in total. The molecule has 0 radical (unpaired) electrons. The van der Waals surface area contributed by atoms with Gasteiger partial charge in [-0.25, -0.2) is 14.3 Å². The van der Waals surface area contributed by atoms with Crippen LogP contribution in [0.15, 0.2) is 60.6 Å². The van der Waals surface area contributed by atoms with Crippen molar-refractivity contribution >= 4 is 42.3 Å². The maximum absolute atomic E-state index is 9.26. The summed E-state index contributed by atoms with van der Waals surface area (Å²) in [5.41, 5.74) is 21.0. The van der Waals surface area contributed by atoms with Gasteiger partial charge < -0.3 is 58.8 Å². The first kappa shape index (κ1) is 55.2. The van der Waals surface area contributed by atoms with Crippen LogP contribution in [0.2, 0.25) is 0 Å². The third-order valence-corrected chi connectivity index (χ3v) is 5.44. The Bertz CT molecular complexity index is 1720. The van der Waals surface area contributed by atoms with Gasteiger partial charge in [-0.1, -0.05) is 18.2 Å². The van der Waals surface area contributed by atoms with Gasteiger partial charge in [-0.3, -0.25) is 10.2 Å². The van der Waals surface area contributed by atoms with Crippen molar-refractivity contribution in [2.45, 2.75) is 53.6 Å². The van der Waals surface area contributed by atoms with Gasteiger partial charge in [-0.15, -0.1) is 22.6 Å². The van der Waals surface area contributed by atoms with Gasteiger partial charge in [0.2, 0.25) is 35.2 Å². The monoisotopic (exact) mass is 825 g/mol. The molecule has 0 saturated carbocycles. The SMILES string of the molecule is CCOc1cc(O/C(C#N)=C/Nc2ccccc2)n(C(C)C)n1.CCOc1cc(Oc2cnc(N)nc2N)n(C(C)C)n1.Cl.N=C(N)N.O=CO[O-].[H-].[K+].[K+]. The van der Waals surface area contributed by atoms with E-state index in [9.17, 15) is 5.26 Å². The number of guanidine groups is 1. The molecule has 0 fully saturated rings. The van der Waals surface area contributed by atoms with Crippen LogP contribution < -0.4 is 155 Å². The topological polar surface area (TPSA) is 311 Å². The number of nitrogens with one attached hydrogen (secondary N) is 2. The molecule has 0 bridgehead atoms. The molecule has 20 nitrogen and oxygen atoms in total. The third kappa shape index (κ3) is 21.6. The number of nitrogens with two attached hydrogens (primary N) is 4. The number of anilines is 3. The summed E-state index contributed by atoms with van der Waals surface area (Å²) in [6.07, 6.45) is 2.95.